The predicted octanol–water partition coefficient (Wildman–Crippen LogP) is 2.09. The average molecular weight is 326 g/mol. The Morgan fingerprint density at radius 3 is 2.50 bits per heavy atom. The topological polar surface area (TPSA) is 58.6 Å². The smallest absolute Gasteiger partial charge is 0.244 e. The van der Waals surface area contributed by atoms with Crippen LogP contribution in [0, 0.1) is 5.92 Å². The van der Waals surface area contributed by atoms with Crippen molar-refractivity contribution in [3.05, 3.63) is 24.3 Å². The van der Waals surface area contributed by atoms with Crippen molar-refractivity contribution < 1.29 is 13.2 Å². The molecule has 6 heteroatoms. The normalized spacial score (nSPS) is 17.8. The molecular weight excluding hydrogens is 300 g/mol. The van der Waals surface area contributed by atoms with E-state index in [0.717, 1.165) is 25.9 Å². The van der Waals surface area contributed by atoms with E-state index in [4.69, 9.17) is 4.74 Å². The monoisotopic (exact) mass is 326 g/mol. The Kier molecular flexibility index (Phi) is 5.83. The van der Waals surface area contributed by atoms with E-state index >= 15 is 0 Å². The number of benzene rings is 1. The van der Waals surface area contributed by atoms with Crippen molar-refractivity contribution in [3.63, 3.8) is 0 Å². The van der Waals surface area contributed by atoms with Gasteiger partial charge in [0.15, 0.2) is 0 Å². The second-order valence-electron chi connectivity index (χ2n) is 6.08. The van der Waals surface area contributed by atoms with Gasteiger partial charge in [0.25, 0.3) is 0 Å². The molecule has 0 bridgehead atoms. The summed E-state index contributed by atoms with van der Waals surface area (Å²) in [5.41, 5.74) is 0. The third-order valence-electron chi connectivity index (χ3n) is 4.30. The van der Waals surface area contributed by atoms with Gasteiger partial charge in [-0.15, -0.1) is 0 Å². The van der Waals surface area contributed by atoms with Gasteiger partial charge in [0, 0.05) is 12.6 Å². The number of nitrogens with zero attached hydrogens (tertiary/aromatic N) is 1. The highest BCUT2D eigenvalue weighted by molar-refractivity contribution is 7.89. The molecule has 22 heavy (non-hydrogen) atoms. The van der Waals surface area contributed by atoms with Gasteiger partial charge in [-0.25, -0.2) is 13.1 Å². The summed E-state index contributed by atoms with van der Waals surface area (Å²) in [4.78, 5) is 2.64. The fraction of sp³-hybridized carbons (Fsp3) is 0.625. The van der Waals surface area contributed by atoms with Crippen molar-refractivity contribution in [2.75, 3.05) is 26.7 Å². The minimum absolute atomic E-state index is 0.206. The maximum Gasteiger partial charge on any atom is 0.244 e. The summed E-state index contributed by atoms with van der Waals surface area (Å²) in [5, 5.41) is 0. The number of hydrogen-bond donors (Lipinski definition) is 1. The highest BCUT2D eigenvalue weighted by Crippen LogP contribution is 2.23. The van der Waals surface area contributed by atoms with Crippen LogP contribution < -0.4 is 9.46 Å². The Hall–Kier alpha value is -1.11. The molecule has 124 valence electrons. The zero-order valence-electron chi connectivity index (χ0n) is 13.6. The molecule has 1 aromatic rings. The Labute approximate surface area is 133 Å². The summed E-state index contributed by atoms with van der Waals surface area (Å²) in [6.07, 6.45) is 2.07. The molecule has 1 aliphatic rings. The van der Waals surface area contributed by atoms with Crippen LogP contribution in [0.5, 0.6) is 5.75 Å². The largest absolute Gasteiger partial charge is 0.495 e. The van der Waals surface area contributed by atoms with Crippen LogP contribution in [-0.2, 0) is 10.0 Å². The fourth-order valence-electron chi connectivity index (χ4n) is 2.82. The molecule has 0 unspecified atom stereocenters. The third kappa shape index (κ3) is 4.21. The van der Waals surface area contributed by atoms with Crippen molar-refractivity contribution in [1.82, 2.24) is 9.62 Å². The average Bonchev–Trinajstić information content (AvgIpc) is 2.53. The van der Waals surface area contributed by atoms with Gasteiger partial charge in [-0.1, -0.05) is 12.1 Å². The summed E-state index contributed by atoms with van der Waals surface area (Å²) >= 11 is 0. The van der Waals surface area contributed by atoms with Crippen molar-refractivity contribution in [2.45, 2.75) is 37.6 Å². The van der Waals surface area contributed by atoms with Gasteiger partial charge in [-0.05, 0) is 57.8 Å². The Morgan fingerprint density at radius 1 is 1.27 bits per heavy atom. The molecule has 0 aliphatic carbocycles. The summed E-state index contributed by atoms with van der Waals surface area (Å²) in [5.74, 6) is 0.782. The van der Waals surface area contributed by atoms with E-state index in [1.54, 1.807) is 24.3 Å². The maximum absolute atomic E-state index is 12.4. The lowest BCUT2D eigenvalue weighted by atomic mass is 9.96. The first-order valence-corrected chi connectivity index (χ1v) is 9.29. The minimum atomic E-state index is -3.52. The van der Waals surface area contributed by atoms with Crippen LogP contribution in [0.4, 0.5) is 0 Å². The number of ether oxygens (including phenoxy) is 1. The van der Waals surface area contributed by atoms with Crippen LogP contribution >= 0.6 is 0 Å². The van der Waals surface area contributed by atoms with Crippen LogP contribution in [0.2, 0.25) is 0 Å². The number of likely N-dealkylation sites (tertiary alicyclic amines) is 1. The highest BCUT2D eigenvalue weighted by atomic mass is 32.2. The molecule has 0 spiro atoms. The van der Waals surface area contributed by atoms with Crippen LogP contribution in [0.15, 0.2) is 29.2 Å². The van der Waals surface area contributed by atoms with E-state index in [2.05, 4.69) is 23.5 Å². The number of rotatable bonds is 6. The quantitative estimate of drug-likeness (QED) is 0.870. The second-order valence-corrected chi connectivity index (χ2v) is 7.81. The zero-order valence-corrected chi connectivity index (χ0v) is 14.4. The highest BCUT2D eigenvalue weighted by Gasteiger charge is 2.24. The molecule has 1 saturated heterocycles. The van der Waals surface area contributed by atoms with E-state index in [1.807, 2.05) is 0 Å². The van der Waals surface area contributed by atoms with Gasteiger partial charge >= 0.3 is 0 Å². The molecule has 0 atom stereocenters. The first kappa shape index (κ1) is 17.2. The van der Waals surface area contributed by atoms with Crippen LogP contribution in [0.1, 0.15) is 26.7 Å². The van der Waals surface area contributed by atoms with E-state index < -0.39 is 10.0 Å². The first-order chi connectivity index (χ1) is 10.4. The minimum Gasteiger partial charge on any atom is -0.495 e. The number of para-hydroxylation sites is 1. The van der Waals surface area contributed by atoms with Gasteiger partial charge < -0.3 is 9.64 Å². The van der Waals surface area contributed by atoms with E-state index in [9.17, 15) is 8.42 Å². The summed E-state index contributed by atoms with van der Waals surface area (Å²) in [6, 6.07) is 7.27. The number of hydrogen-bond acceptors (Lipinski definition) is 4. The third-order valence-corrected chi connectivity index (χ3v) is 5.76. The van der Waals surface area contributed by atoms with Gasteiger partial charge in [0.1, 0.15) is 10.6 Å². The number of piperidine rings is 1. The molecule has 1 heterocycles. The van der Waals surface area contributed by atoms with E-state index in [0.29, 0.717) is 24.3 Å². The predicted molar refractivity (Wildman–Crippen MR) is 87.6 cm³/mol. The standard InChI is InChI=1S/C16H26N2O3S/c1-13(2)18-10-8-14(9-11-18)12-17-22(19,20)16-7-5-4-6-15(16)21-3/h4-7,13-14,17H,8-12H2,1-3H3. The molecule has 0 saturated carbocycles. The first-order valence-electron chi connectivity index (χ1n) is 7.80. The van der Waals surface area contributed by atoms with Gasteiger partial charge in [0.2, 0.25) is 10.0 Å². The van der Waals surface area contributed by atoms with Crippen LogP contribution in [0.25, 0.3) is 0 Å². The van der Waals surface area contributed by atoms with Crippen molar-refractivity contribution >= 4 is 10.0 Å². The Bertz CT molecular complexity index is 579. The molecule has 0 radical (unpaired) electrons. The molecule has 5 nitrogen and oxygen atoms in total. The van der Waals surface area contributed by atoms with Crippen LogP contribution in [0.3, 0.4) is 0 Å². The van der Waals surface area contributed by atoms with Crippen molar-refractivity contribution in [1.29, 1.82) is 0 Å². The van der Waals surface area contributed by atoms with E-state index in [1.165, 1.54) is 7.11 Å². The Morgan fingerprint density at radius 2 is 1.91 bits per heavy atom. The number of sulfonamides is 1. The second kappa shape index (κ2) is 7.44. The fourth-order valence-corrected chi connectivity index (χ4v) is 4.10. The molecule has 1 aromatic carbocycles. The summed E-state index contributed by atoms with van der Waals surface area (Å²) in [7, 11) is -2.04. The summed E-state index contributed by atoms with van der Waals surface area (Å²) in [6.45, 7) is 6.97. The van der Waals surface area contributed by atoms with Gasteiger partial charge in [-0.3, -0.25) is 0 Å². The Balaban J connectivity index is 1.94. The molecule has 0 aromatic heterocycles. The maximum atomic E-state index is 12.4. The van der Waals surface area contributed by atoms with Gasteiger partial charge in [-0.2, -0.15) is 0 Å². The van der Waals surface area contributed by atoms with E-state index in [-0.39, 0.29) is 4.90 Å². The summed E-state index contributed by atoms with van der Waals surface area (Å²) < 4.78 is 32.7. The SMILES string of the molecule is COc1ccccc1S(=O)(=O)NCC1CCN(C(C)C)CC1. The number of methoxy groups -OCH3 is 1. The molecule has 1 aliphatic heterocycles. The lowest BCUT2D eigenvalue weighted by Gasteiger charge is -2.34. The van der Waals surface area contributed by atoms with Crippen LogP contribution in [-0.4, -0.2) is 46.1 Å². The van der Waals surface area contributed by atoms with Crippen molar-refractivity contribution in [3.8, 4) is 5.75 Å². The lowest BCUT2D eigenvalue weighted by Crippen LogP contribution is -2.41. The molecular formula is C16H26N2O3S. The number of nitrogens with one attached hydrogen (secondary N) is 1. The zero-order chi connectivity index (χ0) is 16.2. The van der Waals surface area contributed by atoms with Crippen molar-refractivity contribution in [2.24, 2.45) is 5.92 Å². The van der Waals surface area contributed by atoms with Gasteiger partial charge in [0.05, 0.1) is 7.11 Å². The molecule has 1 fully saturated rings. The molecule has 2 rings (SSSR count). The lowest BCUT2D eigenvalue weighted by molar-refractivity contribution is 0.150. The molecule has 1 N–H and O–H groups in total. The molecule has 0 amide bonds.